The maximum Gasteiger partial charge on any atom is 0.256 e. The third kappa shape index (κ3) is 3.92. The summed E-state index contributed by atoms with van der Waals surface area (Å²) in [7, 11) is 0. The highest BCUT2D eigenvalue weighted by Crippen LogP contribution is 2.09. The van der Waals surface area contributed by atoms with Crippen LogP contribution in [0.5, 0.6) is 0 Å². The molecule has 1 heterocycles. The van der Waals surface area contributed by atoms with Crippen LogP contribution in [0, 0.1) is 0 Å². The molecule has 0 fully saturated rings. The van der Waals surface area contributed by atoms with Gasteiger partial charge in [-0.25, -0.2) is 0 Å². The number of amides is 2. The highest BCUT2D eigenvalue weighted by molar-refractivity contribution is 6.30. The molecule has 26 heavy (non-hydrogen) atoms. The molecule has 1 aromatic heterocycles. The minimum absolute atomic E-state index is 0.0349. The lowest BCUT2D eigenvalue weighted by Gasteiger charge is -2.08. The van der Waals surface area contributed by atoms with Crippen molar-refractivity contribution in [3.8, 4) is 0 Å². The number of aromatic amines is 1. The van der Waals surface area contributed by atoms with E-state index in [2.05, 4.69) is 15.6 Å². The van der Waals surface area contributed by atoms with Crippen molar-refractivity contribution in [1.82, 2.24) is 15.6 Å². The number of benzene rings is 2. The summed E-state index contributed by atoms with van der Waals surface area (Å²) in [6.45, 7) is 0.434. The van der Waals surface area contributed by atoms with Crippen molar-refractivity contribution in [3.63, 3.8) is 0 Å². The van der Waals surface area contributed by atoms with Crippen LogP contribution in [0.15, 0.2) is 59.5 Å². The largest absolute Gasteiger partial charge is 0.360 e. The van der Waals surface area contributed by atoms with Crippen LogP contribution >= 0.6 is 11.6 Å². The van der Waals surface area contributed by atoms with Gasteiger partial charge in [0.1, 0.15) is 5.56 Å². The number of pyridine rings is 1. The molecule has 2 aromatic carbocycles. The number of H-pyrrole nitrogens is 1. The molecular formula is C19H16ClN3O3. The summed E-state index contributed by atoms with van der Waals surface area (Å²) in [5, 5.41) is 6.32. The Balaban J connectivity index is 1.56. The summed E-state index contributed by atoms with van der Waals surface area (Å²) in [4.78, 5) is 39.4. The van der Waals surface area contributed by atoms with Crippen LogP contribution in [-0.4, -0.2) is 29.9 Å². The molecule has 3 aromatic rings. The molecule has 0 saturated heterocycles. The van der Waals surface area contributed by atoms with Crippen molar-refractivity contribution < 1.29 is 9.59 Å². The van der Waals surface area contributed by atoms with E-state index in [0.29, 0.717) is 21.5 Å². The molecule has 0 saturated carbocycles. The molecule has 3 rings (SSSR count). The van der Waals surface area contributed by atoms with E-state index in [4.69, 9.17) is 11.6 Å². The number of hydrogen-bond acceptors (Lipinski definition) is 3. The summed E-state index contributed by atoms with van der Waals surface area (Å²) < 4.78 is 0. The lowest BCUT2D eigenvalue weighted by atomic mass is 10.1. The highest BCUT2D eigenvalue weighted by Gasteiger charge is 2.12. The van der Waals surface area contributed by atoms with Gasteiger partial charge in [0.2, 0.25) is 5.43 Å². The van der Waals surface area contributed by atoms with Gasteiger partial charge in [0.25, 0.3) is 11.8 Å². The normalized spacial score (nSPS) is 10.5. The Kier molecular flexibility index (Phi) is 5.34. The average Bonchev–Trinajstić information content (AvgIpc) is 2.66. The van der Waals surface area contributed by atoms with Crippen molar-refractivity contribution in [2.45, 2.75) is 0 Å². The van der Waals surface area contributed by atoms with E-state index in [1.165, 1.54) is 6.20 Å². The molecular weight excluding hydrogens is 354 g/mol. The Morgan fingerprint density at radius 1 is 0.923 bits per heavy atom. The highest BCUT2D eigenvalue weighted by atomic mass is 35.5. The van der Waals surface area contributed by atoms with E-state index in [-0.39, 0.29) is 30.0 Å². The first-order chi connectivity index (χ1) is 12.6. The number of carbonyl (C=O) groups excluding carboxylic acids is 2. The predicted molar refractivity (Wildman–Crippen MR) is 101 cm³/mol. The lowest BCUT2D eigenvalue weighted by molar-refractivity contribution is 0.0927. The first kappa shape index (κ1) is 17.7. The smallest absolute Gasteiger partial charge is 0.256 e. The van der Waals surface area contributed by atoms with Gasteiger partial charge in [-0.1, -0.05) is 23.7 Å². The molecule has 0 spiro atoms. The second-order valence-electron chi connectivity index (χ2n) is 5.60. The van der Waals surface area contributed by atoms with Gasteiger partial charge in [0.15, 0.2) is 0 Å². The fourth-order valence-corrected chi connectivity index (χ4v) is 2.61. The first-order valence-corrected chi connectivity index (χ1v) is 8.36. The fraction of sp³-hybridized carbons (Fsp3) is 0.105. The minimum atomic E-state index is -0.488. The maximum absolute atomic E-state index is 12.4. The van der Waals surface area contributed by atoms with Crippen LogP contribution in [0.3, 0.4) is 0 Å². The zero-order chi connectivity index (χ0) is 18.5. The molecule has 2 amide bonds. The molecule has 0 bridgehead atoms. The monoisotopic (exact) mass is 369 g/mol. The molecule has 0 atom stereocenters. The Morgan fingerprint density at radius 3 is 2.31 bits per heavy atom. The van der Waals surface area contributed by atoms with Gasteiger partial charge >= 0.3 is 0 Å². The Labute approximate surface area is 154 Å². The second kappa shape index (κ2) is 7.84. The van der Waals surface area contributed by atoms with E-state index in [1.807, 2.05) is 0 Å². The van der Waals surface area contributed by atoms with Crippen LogP contribution in [0.2, 0.25) is 5.02 Å². The quantitative estimate of drug-likeness (QED) is 0.603. The van der Waals surface area contributed by atoms with E-state index in [9.17, 15) is 14.4 Å². The molecule has 0 aliphatic carbocycles. The number of rotatable bonds is 5. The van der Waals surface area contributed by atoms with Crippen LogP contribution in [0.4, 0.5) is 0 Å². The molecule has 0 unspecified atom stereocenters. The van der Waals surface area contributed by atoms with Gasteiger partial charge in [0, 0.05) is 40.8 Å². The second-order valence-corrected chi connectivity index (χ2v) is 6.03. The van der Waals surface area contributed by atoms with Gasteiger partial charge in [-0.05, 0) is 36.4 Å². The van der Waals surface area contributed by atoms with Crippen LogP contribution in [0.1, 0.15) is 20.7 Å². The fourth-order valence-electron chi connectivity index (χ4n) is 2.49. The van der Waals surface area contributed by atoms with Crippen LogP contribution in [-0.2, 0) is 0 Å². The summed E-state index contributed by atoms with van der Waals surface area (Å²) in [5.74, 6) is -0.753. The molecule has 6 nitrogen and oxygen atoms in total. The number of aromatic nitrogens is 1. The van der Waals surface area contributed by atoms with Crippen molar-refractivity contribution in [1.29, 1.82) is 0 Å². The van der Waals surface area contributed by atoms with Crippen LogP contribution < -0.4 is 16.1 Å². The number of halogens is 1. The predicted octanol–water partition coefficient (Wildman–Crippen LogP) is 2.34. The molecule has 0 aliphatic heterocycles. The summed E-state index contributed by atoms with van der Waals surface area (Å²) in [5.41, 5.74) is 0.853. The van der Waals surface area contributed by atoms with Gasteiger partial charge in [-0.15, -0.1) is 0 Å². The van der Waals surface area contributed by atoms with Crippen molar-refractivity contribution in [3.05, 3.63) is 81.1 Å². The summed E-state index contributed by atoms with van der Waals surface area (Å²) >= 11 is 5.78. The van der Waals surface area contributed by atoms with Crippen LogP contribution in [0.25, 0.3) is 10.9 Å². The van der Waals surface area contributed by atoms with E-state index in [1.54, 1.807) is 48.5 Å². The zero-order valence-electron chi connectivity index (χ0n) is 13.7. The molecule has 132 valence electrons. The zero-order valence-corrected chi connectivity index (χ0v) is 14.5. The van der Waals surface area contributed by atoms with Crippen molar-refractivity contribution in [2.24, 2.45) is 0 Å². The van der Waals surface area contributed by atoms with E-state index >= 15 is 0 Å². The van der Waals surface area contributed by atoms with Gasteiger partial charge < -0.3 is 15.6 Å². The third-order valence-electron chi connectivity index (χ3n) is 3.84. The standard InChI is InChI=1S/C19H16ClN3O3/c20-13-7-5-12(6-8-13)18(25)21-9-10-22-19(26)15-11-23-16-4-2-1-3-14(16)17(15)24/h1-8,11H,9-10H2,(H,21,25)(H,22,26)(H,23,24). The van der Waals surface area contributed by atoms with E-state index in [0.717, 1.165) is 0 Å². The Hall–Kier alpha value is -3.12. The van der Waals surface area contributed by atoms with Gasteiger partial charge in [-0.3, -0.25) is 14.4 Å². The first-order valence-electron chi connectivity index (χ1n) is 7.98. The Bertz CT molecular complexity index is 1010. The van der Waals surface area contributed by atoms with Crippen molar-refractivity contribution >= 4 is 34.3 Å². The third-order valence-corrected chi connectivity index (χ3v) is 4.09. The molecule has 7 heteroatoms. The van der Waals surface area contributed by atoms with E-state index < -0.39 is 5.91 Å². The van der Waals surface area contributed by atoms with Gasteiger partial charge in [0.05, 0.1) is 0 Å². The van der Waals surface area contributed by atoms with Gasteiger partial charge in [-0.2, -0.15) is 0 Å². The number of para-hydroxylation sites is 1. The average molecular weight is 370 g/mol. The number of fused-ring (bicyclic) bond motifs is 1. The maximum atomic E-state index is 12.4. The number of carbonyl (C=O) groups is 2. The molecule has 0 radical (unpaired) electrons. The summed E-state index contributed by atoms with van der Waals surface area (Å²) in [6, 6.07) is 13.5. The molecule has 3 N–H and O–H groups in total. The topological polar surface area (TPSA) is 91.1 Å². The number of hydrogen-bond donors (Lipinski definition) is 3. The minimum Gasteiger partial charge on any atom is -0.360 e. The number of nitrogens with one attached hydrogen (secondary N) is 3. The Morgan fingerprint density at radius 2 is 1.58 bits per heavy atom. The SMILES string of the molecule is O=C(NCCNC(=O)c1c[nH]c2ccccc2c1=O)c1ccc(Cl)cc1. The molecule has 0 aliphatic rings. The lowest BCUT2D eigenvalue weighted by Crippen LogP contribution is -2.36. The summed E-state index contributed by atoms with van der Waals surface area (Å²) in [6.07, 6.45) is 1.40. The van der Waals surface area contributed by atoms with Crippen molar-refractivity contribution in [2.75, 3.05) is 13.1 Å².